The van der Waals surface area contributed by atoms with Crippen LogP contribution >= 0.6 is 11.8 Å². The Morgan fingerprint density at radius 3 is 2.40 bits per heavy atom. The number of nitrogens with two attached hydrogens (primary N) is 3. The highest BCUT2D eigenvalue weighted by Crippen LogP contribution is 2.33. The van der Waals surface area contributed by atoms with E-state index in [0.717, 1.165) is 5.48 Å². The van der Waals surface area contributed by atoms with Crippen LogP contribution in [0, 0.1) is 0 Å². The number of carbonyl (C=O) groups is 1. The van der Waals surface area contributed by atoms with Crippen molar-refractivity contribution in [2.24, 2.45) is 16.8 Å². The summed E-state index contributed by atoms with van der Waals surface area (Å²) in [6, 6.07) is 22.4. The topological polar surface area (TPSA) is 134 Å². The van der Waals surface area contributed by atoms with Crippen LogP contribution in [0.25, 0.3) is 0 Å². The molecule has 0 heterocycles. The van der Waals surface area contributed by atoms with Crippen LogP contribution in [0.2, 0.25) is 0 Å². The van der Waals surface area contributed by atoms with Crippen LogP contribution < -0.4 is 27.5 Å². The average Bonchev–Trinajstić information content (AvgIpc) is 2.92. The number of benzene rings is 3. The van der Waals surface area contributed by atoms with Gasteiger partial charge in [0, 0.05) is 22.7 Å². The fourth-order valence-electron chi connectivity index (χ4n) is 4.30. The van der Waals surface area contributed by atoms with E-state index >= 15 is 0 Å². The van der Waals surface area contributed by atoms with Crippen LogP contribution in [0.15, 0.2) is 82.8 Å². The lowest BCUT2D eigenvalue weighted by Gasteiger charge is -2.22. The van der Waals surface area contributed by atoms with Crippen molar-refractivity contribution < 1.29 is 15.5 Å². The van der Waals surface area contributed by atoms with Gasteiger partial charge in [0.05, 0.1) is 11.3 Å². The Hall–Kier alpha value is -3.37. The van der Waals surface area contributed by atoms with Crippen molar-refractivity contribution in [2.75, 3.05) is 10.3 Å². The first-order valence-corrected chi connectivity index (χ1v) is 12.5. The highest BCUT2D eigenvalue weighted by Gasteiger charge is 2.20. The molecule has 0 atom stereocenters. The van der Waals surface area contributed by atoms with Crippen molar-refractivity contribution in [3.8, 4) is 0 Å². The van der Waals surface area contributed by atoms with Gasteiger partial charge < -0.3 is 11.2 Å². The number of hydrazone groups is 1. The number of carbonyl (C=O) groups excluding carboxylic acids is 1. The summed E-state index contributed by atoms with van der Waals surface area (Å²) in [4.78, 5) is 13.9. The zero-order chi connectivity index (χ0) is 24.6. The van der Waals surface area contributed by atoms with Crippen LogP contribution in [0.4, 0.5) is 17.1 Å². The molecule has 0 aromatic heterocycles. The highest BCUT2D eigenvalue weighted by molar-refractivity contribution is 8.14. The number of nitrogens with zero attached hydrogens (tertiary/aromatic N) is 2. The molecule has 1 saturated carbocycles. The molecule has 0 spiro atoms. The molecule has 1 aliphatic carbocycles. The molecular weight excluding hydrogens is 460 g/mol. The van der Waals surface area contributed by atoms with E-state index in [-0.39, 0.29) is 5.91 Å². The Bertz CT molecular complexity index is 1160. The quantitative estimate of drug-likeness (QED) is 0.0873. The molecule has 1 aliphatic rings. The summed E-state index contributed by atoms with van der Waals surface area (Å²) in [5.74, 6) is 12.2. The second-order valence-corrected chi connectivity index (χ2v) is 9.52. The van der Waals surface area contributed by atoms with Crippen LogP contribution in [-0.4, -0.2) is 16.3 Å². The molecular formula is C26H31N6O2S+. The van der Waals surface area contributed by atoms with E-state index in [0.29, 0.717) is 38.6 Å². The Labute approximate surface area is 209 Å². The first kappa shape index (κ1) is 24.7. The summed E-state index contributed by atoms with van der Waals surface area (Å²) in [6.07, 6.45) is 6.33. The summed E-state index contributed by atoms with van der Waals surface area (Å²) in [5, 5.41) is 18.0. The van der Waals surface area contributed by atoms with Crippen LogP contribution in [0.3, 0.4) is 0 Å². The first-order valence-electron chi connectivity index (χ1n) is 11.7. The molecule has 0 aliphatic heterocycles. The number of hydrogen-bond donors (Lipinski definition) is 5. The normalized spacial score (nSPS) is 14.5. The van der Waals surface area contributed by atoms with Gasteiger partial charge in [-0.1, -0.05) is 49.6 Å². The lowest BCUT2D eigenvalue weighted by molar-refractivity contribution is -0.825. The monoisotopic (exact) mass is 491 g/mol. The number of amidine groups is 1. The highest BCUT2D eigenvalue weighted by atomic mass is 32.2. The second kappa shape index (κ2) is 11.9. The van der Waals surface area contributed by atoms with E-state index in [4.69, 9.17) is 11.7 Å². The molecule has 182 valence electrons. The van der Waals surface area contributed by atoms with Crippen LogP contribution in [0.1, 0.15) is 53.9 Å². The molecule has 35 heavy (non-hydrogen) atoms. The van der Waals surface area contributed by atoms with E-state index in [1.807, 2.05) is 42.5 Å². The third-order valence-corrected chi connectivity index (χ3v) is 7.26. The van der Waals surface area contributed by atoms with Gasteiger partial charge in [-0.3, -0.25) is 9.80 Å². The second-order valence-electron chi connectivity index (χ2n) is 8.52. The van der Waals surface area contributed by atoms with Gasteiger partial charge in [0.2, 0.25) is 5.17 Å². The molecule has 1 amide bonds. The Morgan fingerprint density at radius 2 is 1.74 bits per heavy atom. The van der Waals surface area contributed by atoms with Crippen molar-refractivity contribution in [1.82, 2.24) is 0 Å². The minimum absolute atomic E-state index is 0.304. The summed E-state index contributed by atoms with van der Waals surface area (Å²) < 4.78 is 0. The number of hydrogen-bond acceptors (Lipinski definition) is 6. The van der Waals surface area contributed by atoms with Gasteiger partial charge in [-0.25, -0.2) is 11.0 Å². The zero-order valence-electron chi connectivity index (χ0n) is 19.4. The van der Waals surface area contributed by atoms with Crippen LogP contribution in [-0.2, 0) is 0 Å². The Balaban J connectivity index is 1.53. The molecule has 0 unspecified atom stereocenters. The van der Waals surface area contributed by atoms with Crippen molar-refractivity contribution in [3.05, 3.63) is 83.9 Å². The summed E-state index contributed by atoms with van der Waals surface area (Å²) in [7, 11) is 0. The number of rotatable bonds is 6. The SMILES string of the molecule is N/N=C(/Sc1ccc([NH2+]O)cc1C(=O)Nc1ccc(C2CCCCC2)cc1)N(N)c1ccccc1. The van der Waals surface area contributed by atoms with E-state index in [1.54, 1.807) is 18.2 Å². The van der Waals surface area contributed by atoms with Crippen molar-refractivity contribution in [2.45, 2.75) is 42.9 Å². The maximum Gasteiger partial charge on any atom is 0.257 e. The predicted octanol–water partition coefficient (Wildman–Crippen LogP) is 4.27. The molecule has 8 nitrogen and oxygen atoms in total. The molecule has 0 saturated heterocycles. The van der Waals surface area contributed by atoms with Gasteiger partial charge in [-0.15, -0.1) is 0 Å². The van der Waals surface area contributed by atoms with Crippen molar-refractivity contribution in [3.63, 3.8) is 0 Å². The van der Waals surface area contributed by atoms with Gasteiger partial charge >= 0.3 is 0 Å². The maximum absolute atomic E-state index is 13.3. The number of para-hydroxylation sites is 1. The van der Waals surface area contributed by atoms with Gasteiger partial charge in [-0.05, 0) is 66.4 Å². The molecule has 9 heteroatoms. The Morgan fingerprint density at radius 1 is 1.03 bits per heavy atom. The minimum atomic E-state index is -0.304. The van der Waals surface area contributed by atoms with E-state index in [1.165, 1.54) is 54.4 Å². The largest absolute Gasteiger partial charge is 0.322 e. The summed E-state index contributed by atoms with van der Waals surface area (Å²) >= 11 is 1.17. The average molecular weight is 492 g/mol. The van der Waals surface area contributed by atoms with Gasteiger partial charge in [0.25, 0.3) is 5.91 Å². The molecule has 0 bridgehead atoms. The fourth-order valence-corrected chi connectivity index (χ4v) is 5.15. The number of quaternary nitrogens is 1. The third-order valence-electron chi connectivity index (χ3n) is 6.19. The van der Waals surface area contributed by atoms with E-state index in [9.17, 15) is 10.0 Å². The third kappa shape index (κ3) is 6.20. The van der Waals surface area contributed by atoms with Gasteiger partial charge in [-0.2, -0.15) is 10.6 Å². The van der Waals surface area contributed by atoms with E-state index < -0.39 is 0 Å². The Kier molecular flexibility index (Phi) is 8.38. The molecule has 8 N–H and O–H groups in total. The summed E-state index contributed by atoms with van der Waals surface area (Å²) in [6.45, 7) is 0. The van der Waals surface area contributed by atoms with E-state index in [2.05, 4.69) is 22.6 Å². The van der Waals surface area contributed by atoms with Gasteiger partial charge in [0.1, 0.15) is 0 Å². The first-order chi connectivity index (χ1) is 17.1. The standard InChI is InChI=1S/C26H30N6O2S/c27-30-26(32(28)22-9-5-2-6-10-22)35-24-16-15-21(31-34)17-23(24)25(33)29-20-13-11-19(12-14-20)18-7-3-1-4-8-18/h2,5-6,9-18,31,34H,1,3-4,7-8,27-28H2,(H,29,33)/p+1/b30-26+. The summed E-state index contributed by atoms with van der Waals surface area (Å²) in [5.41, 5.74) is 4.57. The predicted molar refractivity (Wildman–Crippen MR) is 141 cm³/mol. The fraction of sp³-hybridized carbons (Fsp3) is 0.231. The molecule has 4 rings (SSSR count). The molecule has 3 aromatic rings. The number of thioether (sulfide) groups is 1. The zero-order valence-corrected chi connectivity index (χ0v) is 20.2. The van der Waals surface area contributed by atoms with Gasteiger partial charge in [0.15, 0.2) is 5.69 Å². The molecule has 3 aromatic carbocycles. The van der Waals surface area contributed by atoms with Crippen molar-refractivity contribution >= 4 is 39.9 Å². The lowest BCUT2D eigenvalue weighted by Crippen LogP contribution is -2.73. The molecule has 0 radical (unpaired) electrons. The number of hydrazine groups is 1. The maximum atomic E-state index is 13.3. The van der Waals surface area contributed by atoms with Crippen LogP contribution in [0.5, 0.6) is 0 Å². The lowest BCUT2D eigenvalue weighted by atomic mass is 9.84. The number of amides is 1. The number of nitrogens with one attached hydrogen (secondary N) is 1. The van der Waals surface area contributed by atoms with Crippen molar-refractivity contribution in [1.29, 1.82) is 0 Å². The molecule has 1 fully saturated rings. The smallest absolute Gasteiger partial charge is 0.257 e. The number of anilines is 2. The minimum Gasteiger partial charge on any atom is -0.322 e.